The van der Waals surface area contributed by atoms with E-state index >= 15 is 0 Å². The predicted molar refractivity (Wildman–Crippen MR) is 50.0 cm³/mol. The molecular formula is C9H8ClNO2. The number of benzene rings is 1. The van der Waals surface area contributed by atoms with E-state index in [1.54, 1.807) is 25.1 Å². The summed E-state index contributed by atoms with van der Waals surface area (Å²) in [5.74, 6) is -0.330. The van der Waals surface area contributed by atoms with Gasteiger partial charge in [-0.05, 0) is 25.1 Å². The number of hydrogen-bond donors (Lipinski definition) is 1. The molecule has 4 heteroatoms. The van der Waals surface area contributed by atoms with Gasteiger partial charge in [0.1, 0.15) is 0 Å². The van der Waals surface area contributed by atoms with Crippen molar-refractivity contribution in [3.05, 3.63) is 28.8 Å². The minimum absolute atomic E-state index is 0.277. The highest BCUT2D eigenvalue weighted by atomic mass is 35.5. The Balaban J connectivity index is 2.49. The lowest BCUT2D eigenvalue weighted by Gasteiger charge is -2.23. The molecule has 1 aromatic carbocycles. The van der Waals surface area contributed by atoms with Crippen molar-refractivity contribution in [1.82, 2.24) is 0 Å². The third-order valence-corrected chi connectivity index (χ3v) is 2.08. The van der Waals surface area contributed by atoms with Gasteiger partial charge in [0, 0.05) is 5.02 Å². The Labute approximate surface area is 80.6 Å². The van der Waals surface area contributed by atoms with Crippen molar-refractivity contribution in [1.29, 1.82) is 0 Å². The number of carbonyl (C=O) groups excluding carboxylic acids is 1. The van der Waals surface area contributed by atoms with Crippen molar-refractivity contribution in [2.24, 2.45) is 0 Å². The van der Waals surface area contributed by atoms with E-state index < -0.39 is 0 Å². The quantitative estimate of drug-likeness (QED) is 0.649. The van der Waals surface area contributed by atoms with Crippen LogP contribution in [0.3, 0.4) is 0 Å². The van der Waals surface area contributed by atoms with Crippen LogP contribution >= 0.6 is 11.6 Å². The molecule has 0 spiro atoms. The number of esters is 1. The van der Waals surface area contributed by atoms with Gasteiger partial charge in [-0.25, -0.2) is 4.79 Å². The van der Waals surface area contributed by atoms with Crippen molar-refractivity contribution in [3.63, 3.8) is 0 Å². The molecular weight excluding hydrogens is 190 g/mol. The highest BCUT2D eigenvalue weighted by Gasteiger charge is 2.22. The maximum Gasteiger partial charge on any atom is 0.342 e. The van der Waals surface area contributed by atoms with Crippen molar-refractivity contribution in [2.45, 2.75) is 13.2 Å². The molecule has 0 saturated heterocycles. The number of ether oxygens (including phenoxy) is 1. The van der Waals surface area contributed by atoms with Gasteiger partial charge in [0.2, 0.25) is 0 Å². The molecule has 0 aliphatic carbocycles. The Bertz CT molecular complexity index is 365. The zero-order valence-electron chi connectivity index (χ0n) is 7.00. The van der Waals surface area contributed by atoms with Crippen LogP contribution in [0.1, 0.15) is 17.3 Å². The highest BCUT2D eigenvalue weighted by Crippen LogP contribution is 2.25. The number of fused-ring (bicyclic) bond motifs is 1. The van der Waals surface area contributed by atoms with Crippen LogP contribution in [0, 0.1) is 0 Å². The molecule has 1 unspecified atom stereocenters. The van der Waals surface area contributed by atoms with Crippen LogP contribution in [-0.4, -0.2) is 12.2 Å². The Hall–Kier alpha value is -1.22. The Morgan fingerprint density at radius 2 is 2.31 bits per heavy atom. The van der Waals surface area contributed by atoms with E-state index in [0.717, 1.165) is 5.69 Å². The third-order valence-electron chi connectivity index (χ3n) is 1.84. The molecule has 0 amide bonds. The molecule has 3 nitrogen and oxygen atoms in total. The fraction of sp³-hybridized carbons (Fsp3) is 0.222. The summed E-state index contributed by atoms with van der Waals surface area (Å²) in [5, 5.41) is 3.55. The standard InChI is InChI=1S/C9H8ClNO2/c1-5-11-8-3-2-6(10)4-7(8)9(12)13-5/h2-5,11H,1H3. The van der Waals surface area contributed by atoms with Gasteiger partial charge in [-0.1, -0.05) is 11.6 Å². The fourth-order valence-corrected chi connectivity index (χ4v) is 1.46. The summed E-state index contributed by atoms with van der Waals surface area (Å²) in [7, 11) is 0. The smallest absolute Gasteiger partial charge is 0.342 e. The summed E-state index contributed by atoms with van der Waals surface area (Å²) in [5.41, 5.74) is 1.26. The molecule has 0 radical (unpaired) electrons. The molecule has 1 N–H and O–H groups in total. The van der Waals surface area contributed by atoms with Gasteiger partial charge in [-0.3, -0.25) is 0 Å². The lowest BCUT2D eigenvalue weighted by Crippen LogP contribution is -2.29. The molecule has 0 saturated carbocycles. The number of carbonyl (C=O) groups is 1. The molecule has 1 heterocycles. The molecule has 0 aromatic heterocycles. The minimum atomic E-state index is -0.330. The largest absolute Gasteiger partial charge is 0.438 e. The van der Waals surface area contributed by atoms with Crippen LogP contribution in [0.15, 0.2) is 18.2 Å². The summed E-state index contributed by atoms with van der Waals surface area (Å²) in [6, 6.07) is 5.10. The summed E-state index contributed by atoms with van der Waals surface area (Å²) in [4.78, 5) is 11.3. The van der Waals surface area contributed by atoms with E-state index in [1.807, 2.05) is 0 Å². The van der Waals surface area contributed by atoms with Gasteiger partial charge < -0.3 is 10.1 Å². The topological polar surface area (TPSA) is 38.3 Å². The fourth-order valence-electron chi connectivity index (χ4n) is 1.28. The van der Waals surface area contributed by atoms with Gasteiger partial charge >= 0.3 is 5.97 Å². The lowest BCUT2D eigenvalue weighted by atomic mass is 10.1. The van der Waals surface area contributed by atoms with E-state index in [4.69, 9.17) is 16.3 Å². The molecule has 13 heavy (non-hydrogen) atoms. The van der Waals surface area contributed by atoms with Crippen LogP contribution in [0.25, 0.3) is 0 Å². The molecule has 2 rings (SSSR count). The summed E-state index contributed by atoms with van der Waals surface area (Å²) >= 11 is 5.74. The first kappa shape index (κ1) is 8.38. The van der Waals surface area contributed by atoms with E-state index in [2.05, 4.69) is 5.32 Å². The van der Waals surface area contributed by atoms with E-state index in [1.165, 1.54) is 0 Å². The molecule has 1 aromatic rings. The van der Waals surface area contributed by atoms with Crippen LogP contribution in [0.2, 0.25) is 5.02 Å². The average Bonchev–Trinajstić information content (AvgIpc) is 2.06. The number of hydrogen-bond acceptors (Lipinski definition) is 3. The zero-order valence-corrected chi connectivity index (χ0v) is 7.76. The third kappa shape index (κ3) is 1.47. The minimum Gasteiger partial charge on any atom is -0.438 e. The van der Waals surface area contributed by atoms with Crippen molar-refractivity contribution >= 4 is 23.3 Å². The number of halogens is 1. The average molecular weight is 198 g/mol. The van der Waals surface area contributed by atoms with Crippen molar-refractivity contribution < 1.29 is 9.53 Å². The van der Waals surface area contributed by atoms with Crippen LogP contribution in [0.5, 0.6) is 0 Å². The second-order valence-electron chi connectivity index (χ2n) is 2.88. The molecule has 1 aliphatic heterocycles. The van der Waals surface area contributed by atoms with Gasteiger partial charge in [0.05, 0.1) is 11.3 Å². The summed E-state index contributed by atoms with van der Waals surface area (Å²) < 4.78 is 4.96. The first-order valence-corrected chi connectivity index (χ1v) is 4.31. The van der Waals surface area contributed by atoms with Crippen molar-refractivity contribution in [2.75, 3.05) is 5.32 Å². The Morgan fingerprint density at radius 3 is 3.08 bits per heavy atom. The second kappa shape index (κ2) is 2.92. The van der Waals surface area contributed by atoms with Crippen LogP contribution < -0.4 is 5.32 Å². The highest BCUT2D eigenvalue weighted by molar-refractivity contribution is 6.31. The number of anilines is 1. The van der Waals surface area contributed by atoms with Gasteiger partial charge in [-0.2, -0.15) is 0 Å². The van der Waals surface area contributed by atoms with Crippen LogP contribution in [0.4, 0.5) is 5.69 Å². The van der Waals surface area contributed by atoms with E-state index in [9.17, 15) is 4.79 Å². The van der Waals surface area contributed by atoms with Gasteiger partial charge in [0.25, 0.3) is 0 Å². The van der Waals surface area contributed by atoms with E-state index in [-0.39, 0.29) is 12.2 Å². The summed E-state index contributed by atoms with van der Waals surface area (Å²) in [6.07, 6.45) is -0.277. The predicted octanol–water partition coefficient (Wildman–Crippen LogP) is 2.27. The monoisotopic (exact) mass is 197 g/mol. The van der Waals surface area contributed by atoms with Crippen molar-refractivity contribution in [3.8, 4) is 0 Å². The molecule has 68 valence electrons. The van der Waals surface area contributed by atoms with E-state index in [0.29, 0.717) is 10.6 Å². The molecule has 0 fully saturated rings. The normalized spacial score (nSPS) is 20.2. The van der Waals surface area contributed by atoms with Crippen LogP contribution in [-0.2, 0) is 4.74 Å². The van der Waals surface area contributed by atoms with Gasteiger partial charge in [-0.15, -0.1) is 0 Å². The number of nitrogens with one attached hydrogen (secondary N) is 1. The maximum atomic E-state index is 11.3. The second-order valence-corrected chi connectivity index (χ2v) is 3.32. The first-order valence-electron chi connectivity index (χ1n) is 3.94. The Kier molecular flexibility index (Phi) is 1.88. The SMILES string of the molecule is CC1Nc2ccc(Cl)cc2C(=O)O1. The Morgan fingerprint density at radius 1 is 1.54 bits per heavy atom. The maximum absolute atomic E-state index is 11.3. The zero-order chi connectivity index (χ0) is 9.42. The van der Waals surface area contributed by atoms with Gasteiger partial charge in [0.15, 0.2) is 6.23 Å². The summed E-state index contributed by atoms with van der Waals surface area (Å²) in [6.45, 7) is 1.77. The molecule has 1 aliphatic rings. The molecule has 0 bridgehead atoms. The number of cyclic esters (lactones) is 1. The first-order chi connectivity index (χ1) is 6.16. The number of rotatable bonds is 0. The lowest BCUT2D eigenvalue weighted by molar-refractivity contribution is 0.0370. The molecule has 1 atom stereocenters.